The van der Waals surface area contributed by atoms with Crippen molar-refractivity contribution in [2.75, 3.05) is 0 Å². The van der Waals surface area contributed by atoms with Crippen LogP contribution in [0.15, 0.2) is 41.4 Å². The van der Waals surface area contributed by atoms with Crippen molar-refractivity contribution in [3.8, 4) is 0 Å². The van der Waals surface area contributed by atoms with E-state index < -0.39 is 0 Å². The van der Waals surface area contributed by atoms with Gasteiger partial charge >= 0.3 is 0 Å². The van der Waals surface area contributed by atoms with Gasteiger partial charge in [-0.05, 0) is 19.4 Å². The second kappa shape index (κ2) is 4.50. The summed E-state index contributed by atoms with van der Waals surface area (Å²) in [4.78, 5) is 4.25. The number of hydrogen-bond donors (Lipinski definition) is 0. The van der Waals surface area contributed by atoms with E-state index in [1.165, 1.54) is 0 Å². The predicted molar refractivity (Wildman–Crippen MR) is 54.3 cm³/mol. The molecule has 0 aliphatic carbocycles. The second-order valence-corrected chi connectivity index (χ2v) is 2.43. The molecule has 12 heavy (non-hydrogen) atoms. The van der Waals surface area contributed by atoms with Crippen molar-refractivity contribution in [1.29, 1.82) is 0 Å². The summed E-state index contributed by atoms with van der Waals surface area (Å²) < 4.78 is 0. The zero-order valence-electron chi connectivity index (χ0n) is 7.49. The highest BCUT2D eigenvalue weighted by Crippen LogP contribution is 2.13. The number of allylic oxidation sites excluding steroid dienone is 1. The summed E-state index contributed by atoms with van der Waals surface area (Å²) in [6, 6.07) is 10.2. The quantitative estimate of drug-likeness (QED) is 0.588. The van der Waals surface area contributed by atoms with Crippen molar-refractivity contribution in [2.24, 2.45) is 4.99 Å². The molecule has 1 heteroatoms. The fraction of sp³-hybridized carbons (Fsp3) is 0.182. The molecular formula is C11H13N. The molecule has 0 saturated heterocycles. The Kier molecular flexibility index (Phi) is 3.27. The molecule has 0 spiro atoms. The summed E-state index contributed by atoms with van der Waals surface area (Å²) in [5, 5.41) is 0. The van der Waals surface area contributed by atoms with Crippen LogP contribution < -0.4 is 0 Å². The van der Waals surface area contributed by atoms with Crippen LogP contribution in [-0.4, -0.2) is 6.21 Å². The van der Waals surface area contributed by atoms with Gasteiger partial charge in [-0.1, -0.05) is 36.4 Å². The van der Waals surface area contributed by atoms with Crippen molar-refractivity contribution >= 4 is 11.9 Å². The van der Waals surface area contributed by atoms with Crippen LogP contribution in [0.2, 0.25) is 0 Å². The molecule has 0 bridgehead atoms. The van der Waals surface area contributed by atoms with Gasteiger partial charge in [0, 0.05) is 6.21 Å². The van der Waals surface area contributed by atoms with Crippen LogP contribution in [0.3, 0.4) is 0 Å². The van der Waals surface area contributed by atoms with Gasteiger partial charge in [0.15, 0.2) is 0 Å². The van der Waals surface area contributed by atoms with Gasteiger partial charge in [-0.3, -0.25) is 4.99 Å². The first-order valence-corrected chi connectivity index (χ1v) is 4.09. The summed E-state index contributed by atoms with van der Waals surface area (Å²) in [6.07, 6.45) is 3.82. The molecule has 0 N–H and O–H groups in total. The molecule has 1 aromatic carbocycles. The van der Waals surface area contributed by atoms with Gasteiger partial charge in [0.1, 0.15) is 0 Å². The lowest BCUT2D eigenvalue weighted by atomic mass is 10.1. The largest absolute Gasteiger partial charge is 0.261 e. The first-order valence-electron chi connectivity index (χ1n) is 4.09. The molecule has 0 unspecified atom stereocenters. The average molecular weight is 159 g/mol. The molecule has 0 atom stereocenters. The molecule has 0 saturated carbocycles. The molecule has 0 fully saturated rings. The third kappa shape index (κ3) is 2.06. The van der Waals surface area contributed by atoms with Gasteiger partial charge in [0.05, 0.1) is 5.70 Å². The smallest absolute Gasteiger partial charge is 0.0655 e. The molecule has 1 nitrogen and oxygen atoms in total. The zero-order chi connectivity index (χ0) is 8.81. The Bertz CT molecular complexity index is 283. The molecule has 62 valence electrons. The van der Waals surface area contributed by atoms with Crippen molar-refractivity contribution in [3.05, 3.63) is 42.0 Å². The standard InChI is InChI=1S/C11H13N/c1-3-11(12-4-2)10-8-6-5-7-9-10/h3-9H,1-2H3/b11-3-,12-4-. The van der Waals surface area contributed by atoms with Crippen molar-refractivity contribution in [2.45, 2.75) is 13.8 Å². The minimum Gasteiger partial charge on any atom is -0.261 e. The first kappa shape index (κ1) is 8.72. The van der Waals surface area contributed by atoms with Crippen LogP contribution in [0.4, 0.5) is 0 Å². The van der Waals surface area contributed by atoms with Crippen LogP contribution in [0.25, 0.3) is 5.70 Å². The Morgan fingerprint density at radius 2 is 1.83 bits per heavy atom. The number of aliphatic imine (C=N–C) groups is 1. The normalized spacial score (nSPS) is 12.3. The third-order valence-corrected chi connectivity index (χ3v) is 1.61. The van der Waals surface area contributed by atoms with Gasteiger partial charge in [0.25, 0.3) is 0 Å². The molecule has 0 radical (unpaired) electrons. The topological polar surface area (TPSA) is 12.4 Å². The number of rotatable bonds is 2. The molecule has 0 aromatic heterocycles. The molecular weight excluding hydrogens is 146 g/mol. The highest BCUT2D eigenvalue weighted by atomic mass is 14.7. The molecule has 1 aromatic rings. The molecule has 0 heterocycles. The number of benzene rings is 1. The van der Waals surface area contributed by atoms with Gasteiger partial charge in [-0.25, -0.2) is 0 Å². The Labute approximate surface area is 73.5 Å². The molecule has 0 amide bonds. The summed E-state index contributed by atoms with van der Waals surface area (Å²) in [5.41, 5.74) is 2.19. The van der Waals surface area contributed by atoms with E-state index in [1.54, 1.807) is 0 Å². The highest BCUT2D eigenvalue weighted by Gasteiger charge is 1.93. The van der Waals surface area contributed by atoms with Gasteiger partial charge in [-0.15, -0.1) is 0 Å². The molecule has 1 rings (SSSR count). The van der Waals surface area contributed by atoms with E-state index in [-0.39, 0.29) is 0 Å². The van der Waals surface area contributed by atoms with E-state index in [1.807, 2.05) is 44.3 Å². The lowest BCUT2D eigenvalue weighted by molar-refractivity contribution is 1.48. The van der Waals surface area contributed by atoms with Crippen molar-refractivity contribution in [3.63, 3.8) is 0 Å². The van der Waals surface area contributed by atoms with Gasteiger partial charge in [0.2, 0.25) is 0 Å². The minimum atomic E-state index is 1.03. The van der Waals surface area contributed by atoms with Gasteiger partial charge < -0.3 is 0 Å². The maximum atomic E-state index is 4.25. The Morgan fingerprint density at radius 3 is 2.33 bits per heavy atom. The van der Waals surface area contributed by atoms with Crippen LogP contribution in [0.1, 0.15) is 19.4 Å². The van der Waals surface area contributed by atoms with Crippen LogP contribution in [-0.2, 0) is 0 Å². The van der Waals surface area contributed by atoms with Crippen LogP contribution in [0, 0.1) is 0 Å². The van der Waals surface area contributed by atoms with E-state index in [0.717, 1.165) is 11.3 Å². The summed E-state index contributed by atoms with van der Waals surface area (Å²) in [6.45, 7) is 3.92. The van der Waals surface area contributed by atoms with E-state index in [2.05, 4.69) is 17.1 Å². The predicted octanol–water partition coefficient (Wildman–Crippen LogP) is 3.14. The summed E-state index contributed by atoms with van der Waals surface area (Å²) in [5.74, 6) is 0. The third-order valence-electron chi connectivity index (χ3n) is 1.61. The fourth-order valence-electron chi connectivity index (χ4n) is 1.06. The van der Waals surface area contributed by atoms with E-state index in [9.17, 15) is 0 Å². The summed E-state index contributed by atoms with van der Waals surface area (Å²) in [7, 11) is 0. The first-order chi connectivity index (χ1) is 5.88. The lowest BCUT2D eigenvalue weighted by Gasteiger charge is -1.98. The zero-order valence-corrected chi connectivity index (χ0v) is 7.49. The van der Waals surface area contributed by atoms with Crippen molar-refractivity contribution in [1.82, 2.24) is 0 Å². The van der Waals surface area contributed by atoms with Crippen LogP contribution >= 0.6 is 0 Å². The molecule has 0 aliphatic heterocycles. The van der Waals surface area contributed by atoms with Gasteiger partial charge in [-0.2, -0.15) is 0 Å². The fourth-order valence-corrected chi connectivity index (χ4v) is 1.06. The average Bonchev–Trinajstić information content (AvgIpc) is 2.15. The van der Waals surface area contributed by atoms with Crippen LogP contribution in [0.5, 0.6) is 0 Å². The Morgan fingerprint density at radius 1 is 1.17 bits per heavy atom. The number of hydrogen-bond acceptors (Lipinski definition) is 1. The molecule has 0 aliphatic rings. The van der Waals surface area contributed by atoms with E-state index >= 15 is 0 Å². The SMILES string of the molecule is C/C=N\C(=C/C)c1ccccc1. The Balaban J connectivity index is 2.97. The van der Waals surface area contributed by atoms with Crippen molar-refractivity contribution < 1.29 is 0 Å². The lowest BCUT2D eigenvalue weighted by Crippen LogP contribution is -1.79. The Hall–Kier alpha value is -1.37. The maximum Gasteiger partial charge on any atom is 0.0655 e. The number of nitrogens with zero attached hydrogens (tertiary/aromatic N) is 1. The maximum absolute atomic E-state index is 4.25. The minimum absolute atomic E-state index is 1.03. The van der Waals surface area contributed by atoms with E-state index in [4.69, 9.17) is 0 Å². The van der Waals surface area contributed by atoms with E-state index in [0.29, 0.717) is 0 Å². The summed E-state index contributed by atoms with van der Waals surface area (Å²) >= 11 is 0. The second-order valence-electron chi connectivity index (χ2n) is 2.43. The highest BCUT2D eigenvalue weighted by molar-refractivity contribution is 5.72. The monoisotopic (exact) mass is 159 g/mol.